The molecule has 0 aliphatic carbocycles. The standard InChI is InChI=1S/C20H23N5O5/c1-27-14-7-5-12(17(11-14)29-3)9-15(19-22-24-25-23-19)20(26)21-13-6-8-16(28-2)18(10-13)30-4/h5-8,10-11,15H,9H2,1-4H3,(H,21,26)(H,22,23,24,25)/t15-/m0/s1. The quantitative estimate of drug-likeness (QED) is 0.548. The number of methoxy groups -OCH3 is 4. The van der Waals surface area contributed by atoms with Crippen LogP contribution < -0.4 is 24.3 Å². The first-order chi connectivity index (χ1) is 14.6. The van der Waals surface area contributed by atoms with Crippen molar-refractivity contribution in [1.82, 2.24) is 20.6 Å². The molecule has 10 heteroatoms. The maximum Gasteiger partial charge on any atom is 0.235 e. The summed E-state index contributed by atoms with van der Waals surface area (Å²) in [6.07, 6.45) is 0.297. The summed E-state index contributed by atoms with van der Waals surface area (Å²) in [5.74, 6) is 1.58. The molecule has 1 heterocycles. The molecule has 10 nitrogen and oxygen atoms in total. The van der Waals surface area contributed by atoms with Crippen LogP contribution in [0.3, 0.4) is 0 Å². The maximum atomic E-state index is 13.1. The van der Waals surface area contributed by atoms with Gasteiger partial charge in [0, 0.05) is 17.8 Å². The molecule has 1 amide bonds. The number of benzene rings is 2. The summed E-state index contributed by atoms with van der Waals surface area (Å²) in [5.41, 5.74) is 1.35. The van der Waals surface area contributed by atoms with Crippen molar-refractivity contribution in [3.8, 4) is 23.0 Å². The molecule has 0 saturated heterocycles. The Bertz CT molecular complexity index is 993. The highest BCUT2D eigenvalue weighted by Crippen LogP contribution is 2.32. The van der Waals surface area contributed by atoms with E-state index in [1.807, 2.05) is 6.07 Å². The highest BCUT2D eigenvalue weighted by Gasteiger charge is 2.27. The Labute approximate surface area is 173 Å². The van der Waals surface area contributed by atoms with Gasteiger partial charge >= 0.3 is 0 Å². The first-order valence-corrected chi connectivity index (χ1v) is 9.06. The number of rotatable bonds is 9. The number of H-pyrrole nitrogens is 1. The maximum absolute atomic E-state index is 13.1. The number of amides is 1. The van der Waals surface area contributed by atoms with Crippen molar-refractivity contribution in [2.75, 3.05) is 33.8 Å². The molecule has 0 bridgehead atoms. The summed E-state index contributed by atoms with van der Waals surface area (Å²) in [5, 5.41) is 16.9. The number of tetrazole rings is 1. The predicted octanol–water partition coefficient (Wildman–Crippen LogP) is 2.20. The van der Waals surface area contributed by atoms with Gasteiger partial charge in [-0.15, -0.1) is 10.2 Å². The lowest BCUT2D eigenvalue weighted by Gasteiger charge is -2.17. The topological polar surface area (TPSA) is 120 Å². The lowest BCUT2D eigenvalue weighted by atomic mass is 9.96. The number of aromatic amines is 1. The Morgan fingerprint density at radius 3 is 2.37 bits per heavy atom. The molecule has 0 spiro atoms. The molecule has 0 saturated carbocycles. The summed E-state index contributed by atoms with van der Waals surface area (Å²) < 4.78 is 21.2. The largest absolute Gasteiger partial charge is 0.497 e. The zero-order valence-corrected chi connectivity index (χ0v) is 17.1. The summed E-state index contributed by atoms with van der Waals surface area (Å²) in [6, 6.07) is 10.5. The van der Waals surface area contributed by atoms with Crippen LogP contribution in [0.25, 0.3) is 0 Å². The van der Waals surface area contributed by atoms with Crippen LogP contribution in [0.1, 0.15) is 17.3 Å². The van der Waals surface area contributed by atoms with E-state index in [-0.39, 0.29) is 11.7 Å². The molecular weight excluding hydrogens is 390 g/mol. The number of hydrogen-bond acceptors (Lipinski definition) is 8. The SMILES string of the molecule is COc1ccc(C[C@H](C(=O)Nc2ccc(OC)c(OC)c2)c2nn[nH]n2)c(OC)c1. The molecule has 2 N–H and O–H groups in total. The van der Waals surface area contributed by atoms with Crippen molar-refractivity contribution in [3.05, 3.63) is 47.8 Å². The molecule has 0 fully saturated rings. The molecule has 2 aromatic carbocycles. The fourth-order valence-corrected chi connectivity index (χ4v) is 3.00. The zero-order chi connectivity index (χ0) is 21.5. The number of ether oxygens (including phenoxy) is 4. The van der Waals surface area contributed by atoms with Crippen molar-refractivity contribution in [2.24, 2.45) is 0 Å². The summed E-state index contributed by atoms with van der Waals surface area (Å²) >= 11 is 0. The second-order valence-corrected chi connectivity index (χ2v) is 6.26. The average molecular weight is 413 g/mol. The minimum Gasteiger partial charge on any atom is -0.497 e. The van der Waals surface area contributed by atoms with Gasteiger partial charge in [0.05, 0.1) is 28.4 Å². The number of hydrogen-bond donors (Lipinski definition) is 2. The molecule has 3 aromatic rings. The third-order valence-electron chi connectivity index (χ3n) is 4.56. The fourth-order valence-electron chi connectivity index (χ4n) is 3.00. The van der Waals surface area contributed by atoms with Gasteiger partial charge in [0.25, 0.3) is 0 Å². The van der Waals surface area contributed by atoms with E-state index in [2.05, 4.69) is 25.9 Å². The van der Waals surface area contributed by atoms with Crippen LogP contribution >= 0.6 is 0 Å². The van der Waals surface area contributed by atoms with Crippen molar-refractivity contribution < 1.29 is 23.7 Å². The Morgan fingerprint density at radius 1 is 0.967 bits per heavy atom. The third-order valence-corrected chi connectivity index (χ3v) is 4.56. The summed E-state index contributed by atoms with van der Waals surface area (Å²) in [6.45, 7) is 0. The Kier molecular flexibility index (Phi) is 6.68. The van der Waals surface area contributed by atoms with E-state index in [4.69, 9.17) is 18.9 Å². The fraction of sp³-hybridized carbons (Fsp3) is 0.300. The van der Waals surface area contributed by atoms with E-state index >= 15 is 0 Å². The third kappa shape index (κ3) is 4.59. The molecule has 158 valence electrons. The van der Waals surface area contributed by atoms with E-state index in [0.717, 1.165) is 5.56 Å². The molecule has 0 unspecified atom stereocenters. The molecule has 3 rings (SSSR count). The lowest BCUT2D eigenvalue weighted by Crippen LogP contribution is -2.24. The van der Waals surface area contributed by atoms with Gasteiger partial charge in [-0.3, -0.25) is 4.79 Å². The van der Waals surface area contributed by atoms with Gasteiger partial charge in [0.2, 0.25) is 5.91 Å². The highest BCUT2D eigenvalue weighted by molar-refractivity contribution is 5.95. The van der Waals surface area contributed by atoms with Crippen molar-refractivity contribution in [3.63, 3.8) is 0 Å². The van der Waals surface area contributed by atoms with Crippen LogP contribution in [-0.4, -0.2) is 55.0 Å². The minimum atomic E-state index is -0.709. The number of carbonyl (C=O) groups excluding carboxylic acids is 1. The van der Waals surface area contributed by atoms with Gasteiger partial charge in [0.15, 0.2) is 17.3 Å². The number of carbonyl (C=O) groups is 1. The van der Waals surface area contributed by atoms with Crippen LogP contribution in [0, 0.1) is 0 Å². The molecule has 0 aliphatic rings. The van der Waals surface area contributed by atoms with Gasteiger partial charge in [0.1, 0.15) is 17.4 Å². The van der Waals surface area contributed by atoms with Gasteiger partial charge in [-0.1, -0.05) is 11.3 Å². The van der Waals surface area contributed by atoms with Crippen molar-refractivity contribution in [2.45, 2.75) is 12.3 Å². The van der Waals surface area contributed by atoms with Crippen LogP contribution in [-0.2, 0) is 11.2 Å². The monoisotopic (exact) mass is 413 g/mol. The van der Waals surface area contributed by atoms with Crippen LogP contribution in [0.2, 0.25) is 0 Å². The summed E-state index contributed by atoms with van der Waals surface area (Å²) in [4.78, 5) is 13.1. The van der Waals surface area contributed by atoms with E-state index in [1.165, 1.54) is 7.11 Å². The average Bonchev–Trinajstić information content (AvgIpc) is 3.31. The lowest BCUT2D eigenvalue weighted by molar-refractivity contribution is -0.117. The molecule has 1 aromatic heterocycles. The second kappa shape index (κ2) is 9.59. The number of nitrogens with zero attached hydrogens (tertiary/aromatic N) is 3. The Hall–Kier alpha value is -3.82. The molecular formula is C20H23N5O5. The Balaban J connectivity index is 1.87. The predicted molar refractivity (Wildman–Crippen MR) is 108 cm³/mol. The van der Waals surface area contributed by atoms with Gasteiger partial charge in [-0.05, 0) is 30.2 Å². The van der Waals surface area contributed by atoms with Gasteiger partial charge < -0.3 is 24.3 Å². The van der Waals surface area contributed by atoms with Crippen molar-refractivity contribution in [1.29, 1.82) is 0 Å². The zero-order valence-electron chi connectivity index (χ0n) is 17.1. The molecule has 0 radical (unpaired) electrons. The van der Waals surface area contributed by atoms with Crippen LogP contribution in [0.15, 0.2) is 36.4 Å². The normalized spacial score (nSPS) is 11.5. The van der Waals surface area contributed by atoms with Gasteiger partial charge in [-0.25, -0.2) is 0 Å². The highest BCUT2D eigenvalue weighted by atomic mass is 16.5. The molecule has 30 heavy (non-hydrogen) atoms. The smallest absolute Gasteiger partial charge is 0.235 e. The minimum absolute atomic E-state index is 0.269. The van der Waals surface area contributed by atoms with Crippen molar-refractivity contribution >= 4 is 11.6 Å². The summed E-state index contributed by atoms with van der Waals surface area (Å²) in [7, 11) is 6.21. The number of nitrogens with one attached hydrogen (secondary N) is 2. The second-order valence-electron chi connectivity index (χ2n) is 6.26. The van der Waals surface area contributed by atoms with Crippen LogP contribution in [0.5, 0.6) is 23.0 Å². The molecule has 1 atom stereocenters. The van der Waals surface area contributed by atoms with Crippen LogP contribution in [0.4, 0.5) is 5.69 Å². The van der Waals surface area contributed by atoms with Gasteiger partial charge in [-0.2, -0.15) is 5.21 Å². The van der Waals surface area contributed by atoms with E-state index in [9.17, 15) is 4.79 Å². The number of aromatic nitrogens is 4. The Morgan fingerprint density at radius 2 is 1.73 bits per heavy atom. The van der Waals surface area contributed by atoms with E-state index in [0.29, 0.717) is 35.1 Å². The first-order valence-electron chi connectivity index (χ1n) is 9.06. The van der Waals surface area contributed by atoms with E-state index in [1.54, 1.807) is 51.7 Å². The van der Waals surface area contributed by atoms with E-state index < -0.39 is 5.92 Å². The first kappa shape index (κ1) is 20.9. The molecule has 0 aliphatic heterocycles. The number of anilines is 1.